The van der Waals surface area contributed by atoms with Gasteiger partial charge in [0.2, 0.25) is 0 Å². The van der Waals surface area contributed by atoms with E-state index in [0.29, 0.717) is 0 Å². The molecule has 6 nitrogen and oxygen atoms in total. The number of nitrogens with one attached hydrogen (secondary N) is 1. The van der Waals surface area contributed by atoms with Crippen molar-refractivity contribution in [2.75, 3.05) is 37.8 Å². The van der Waals surface area contributed by atoms with Crippen LogP contribution in [-0.2, 0) is 12.8 Å². The third-order valence-corrected chi connectivity index (χ3v) is 7.92. The van der Waals surface area contributed by atoms with E-state index in [2.05, 4.69) is 24.1 Å². The summed E-state index contributed by atoms with van der Waals surface area (Å²) in [5.41, 5.74) is 4.76. The van der Waals surface area contributed by atoms with Crippen LogP contribution in [-0.4, -0.2) is 52.3 Å². The van der Waals surface area contributed by atoms with Crippen molar-refractivity contribution in [3.63, 3.8) is 0 Å². The Morgan fingerprint density at radius 1 is 1.16 bits per heavy atom. The average molecular weight is 468 g/mol. The number of aromatic nitrogens is 3. The zero-order valence-corrected chi connectivity index (χ0v) is 20.5. The van der Waals surface area contributed by atoms with E-state index in [-0.39, 0.29) is 0 Å². The molecule has 0 fully saturated rings. The molecule has 0 bridgehead atoms. The molecule has 1 aliphatic rings. The van der Waals surface area contributed by atoms with Crippen LogP contribution in [0, 0.1) is 0 Å². The average Bonchev–Trinajstić information content (AvgIpc) is 3.57. The predicted molar refractivity (Wildman–Crippen MR) is 135 cm³/mol. The molecule has 0 radical (unpaired) electrons. The maximum atomic E-state index is 5.73. The SMILES string of the molecule is CCN(CC)CCCNc1nc(SC)nc2c1sc1nc(-c3ccco3)c3c(c12)CCC3. The fourth-order valence-corrected chi connectivity index (χ4v) is 6.10. The third-order valence-electron chi connectivity index (χ3n) is 6.29. The van der Waals surface area contributed by atoms with E-state index in [9.17, 15) is 0 Å². The number of furan rings is 1. The lowest BCUT2D eigenvalue weighted by Gasteiger charge is -2.17. The summed E-state index contributed by atoms with van der Waals surface area (Å²) in [6.45, 7) is 8.61. The van der Waals surface area contributed by atoms with Crippen LogP contribution >= 0.6 is 23.1 Å². The van der Waals surface area contributed by atoms with Gasteiger partial charge in [0.1, 0.15) is 16.3 Å². The first kappa shape index (κ1) is 21.7. The Hall–Kier alpha value is -2.16. The molecule has 0 atom stereocenters. The number of nitrogens with zero attached hydrogens (tertiary/aromatic N) is 4. The van der Waals surface area contributed by atoms with Gasteiger partial charge < -0.3 is 14.6 Å². The van der Waals surface area contributed by atoms with Crippen molar-refractivity contribution in [1.29, 1.82) is 0 Å². The summed E-state index contributed by atoms with van der Waals surface area (Å²) in [5, 5.41) is 5.64. The maximum absolute atomic E-state index is 5.73. The standard InChI is InChI=1S/C24H29N5OS2/c1-4-29(5-2)13-8-12-25-22-21-20(27-24(28-22)31-3)18-15-9-6-10-16(15)19(26-23(18)32-21)17-11-7-14-30-17/h7,11,14H,4-6,8-10,12-13H2,1-3H3,(H,25,27,28). The monoisotopic (exact) mass is 467 g/mol. The molecule has 0 unspecified atom stereocenters. The van der Waals surface area contributed by atoms with Crippen LogP contribution in [0.2, 0.25) is 0 Å². The number of hydrogen-bond donors (Lipinski definition) is 1. The van der Waals surface area contributed by atoms with Gasteiger partial charge in [-0.1, -0.05) is 25.6 Å². The lowest BCUT2D eigenvalue weighted by atomic mass is 10.0. The van der Waals surface area contributed by atoms with Gasteiger partial charge in [0.15, 0.2) is 10.9 Å². The lowest BCUT2D eigenvalue weighted by molar-refractivity contribution is 0.303. The number of thiophene rings is 1. The fraction of sp³-hybridized carbons (Fsp3) is 0.458. The van der Waals surface area contributed by atoms with Crippen molar-refractivity contribution in [3.8, 4) is 11.5 Å². The molecule has 0 aliphatic heterocycles. The first-order valence-electron chi connectivity index (χ1n) is 11.4. The van der Waals surface area contributed by atoms with Gasteiger partial charge in [-0.2, -0.15) is 0 Å². The zero-order chi connectivity index (χ0) is 22.1. The molecule has 4 heterocycles. The summed E-state index contributed by atoms with van der Waals surface area (Å²) in [7, 11) is 0. The highest BCUT2D eigenvalue weighted by atomic mass is 32.2. The van der Waals surface area contributed by atoms with Crippen LogP contribution < -0.4 is 5.32 Å². The van der Waals surface area contributed by atoms with Crippen LogP contribution in [0.3, 0.4) is 0 Å². The number of thioether (sulfide) groups is 1. The molecular weight excluding hydrogens is 438 g/mol. The fourth-order valence-electron chi connectivity index (χ4n) is 4.62. The van der Waals surface area contributed by atoms with Gasteiger partial charge in [0.25, 0.3) is 0 Å². The van der Waals surface area contributed by atoms with Gasteiger partial charge in [-0.05, 0) is 74.8 Å². The van der Waals surface area contributed by atoms with E-state index in [4.69, 9.17) is 19.4 Å². The molecule has 0 aromatic carbocycles. The summed E-state index contributed by atoms with van der Waals surface area (Å²) < 4.78 is 6.84. The normalized spacial score (nSPS) is 13.5. The molecule has 0 spiro atoms. The van der Waals surface area contributed by atoms with Gasteiger partial charge in [-0.15, -0.1) is 11.3 Å². The van der Waals surface area contributed by atoms with Crippen LogP contribution in [0.5, 0.6) is 0 Å². The Kier molecular flexibility index (Phi) is 6.35. The first-order chi connectivity index (χ1) is 15.7. The Balaban J connectivity index is 1.57. The second kappa shape index (κ2) is 9.37. The van der Waals surface area contributed by atoms with Crippen LogP contribution in [0.25, 0.3) is 31.9 Å². The Bertz CT molecular complexity index is 1230. The zero-order valence-electron chi connectivity index (χ0n) is 18.9. The van der Waals surface area contributed by atoms with Crippen molar-refractivity contribution >= 4 is 49.3 Å². The number of aryl methyl sites for hydroxylation is 1. The highest BCUT2D eigenvalue weighted by Crippen LogP contribution is 2.44. The molecule has 1 aliphatic carbocycles. The molecule has 4 aromatic rings. The summed E-state index contributed by atoms with van der Waals surface area (Å²) in [6.07, 6.45) is 8.12. The highest BCUT2D eigenvalue weighted by Gasteiger charge is 2.26. The van der Waals surface area contributed by atoms with Crippen molar-refractivity contribution in [2.45, 2.75) is 44.7 Å². The van der Waals surface area contributed by atoms with Crippen molar-refractivity contribution in [2.24, 2.45) is 0 Å². The summed E-state index contributed by atoms with van der Waals surface area (Å²) in [4.78, 5) is 18.3. The molecule has 168 valence electrons. The van der Waals surface area contributed by atoms with Gasteiger partial charge in [0.05, 0.1) is 16.5 Å². The Labute approximate surface area is 196 Å². The van der Waals surface area contributed by atoms with Crippen molar-refractivity contribution in [3.05, 3.63) is 29.5 Å². The van der Waals surface area contributed by atoms with Crippen molar-refractivity contribution < 1.29 is 4.42 Å². The second-order valence-electron chi connectivity index (χ2n) is 8.07. The molecule has 1 N–H and O–H groups in total. The first-order valence-corrected chi connectivity index (χ1v) is 13.5. The van der Waals surface area contributed by atoms with Crippen LogP contribution in [0.15, 0.2) is 28.0 Å². The Morgan fingerprint density at radius 2 is 2.00 bits per heavy atom. The highest BCUT2D eigenvalue weighted by molar-refractivity contribution is 7.98. The van der Waals surface area contributed by atoms with Crippen molar-refractivity contribution in [1.82, 2.24) is 19.9 Å². The van der Waals surface area contributed by atoms with Crippen LogP contribution in [0.4, 0.5) is 5.82 Å². The largest absolute Gasteiger partial charge is 0.463 e. The van der Waals surface area contributed by atoms with E-state index < -0.39 is 0 Å². The van der Waals surface area contributed by atoms with Gasteiger partial charge in [0, 0.05) is 11.9 Å². The molecule has 32 heavy (non-hydrogen) atoms. The lowest BCUT2D eigenvalue weighted by Crippen LogP contribution is -2.25. The minimum atomic E-state index is 0.810. The summed E-state index contributed by atoms with van der Waals surface area (Å²) >= 11 is 3.29. The van der Waals surface area contributed by atoms with Gasteiger partial charge in [-0.3, -0.25) is 0 Å². The molecule has 5 rings (SSSR count). The molecule has 8 heteroatoms. The predicted octanol–water partition coefficient (Wildman–Crippen LogP) is 5.85. The number of anilines is 1. The molecular formula is C24H29N5OS2. The third kappa shape index (κ3) is 3.89. The second-order valence-corrected chi connectivity index (χ2v) is 9.85. The van der Waals surface area contributed by atoms with E-state index in [1.165, 1.54) is 16.5 Å². The minimum absolute atomic E-state index is 0.810. The van der Waals surface area contributed by atoms with Gasteiger partial charge in [-0.25, -0.2) is 15.0 Å². The number of fused-ring (bicyclic) bond motifs is 5. The quantitative estimate of drug-likeness (QED) is 0.188. The van der Waals surface area contributed by atoms with E-state index in [1.54, 1.807) is 29.4 Å². The smallest absolute Gasteiger partial charge is 0.189 e. The van der Waals surface area contributed by atoms with E-state index >= 15 is 0 Å². The minimum Gasteiger partial charge on any atom is -0.463 e. The Morgan fingerprint density at radius 3 is 2.75 bits per heavy atom. The van der Waals surface area contributed by atoms with Gasteiger partial charge >= 0.3 is 0 Å². The van der Waals surface area contributed by atoms with Crippen LogP contribution in [0.1, 0.15) is 37.8 Å². The maximum Gasteiger partial charge on any atom is 0.189 e. The summed E-state index contributed by atoms with van der Waals surface area (Å²) in [6, 6.07) is 3.94. The molecule has 0 amide bonds. The topological polar surface area (TPSA) is 67.1 Å². The summed E-state index contributed by atoms with van der Waals surface area (Å²) in [5.74, 6) is 1.79. The number of hydrogen-bond acceptors (Lipinski definition) is 8. The number of pyridine rings is 1. The molecule has 4 aromatic heterocycles. The number of rotatable bonds is 9. The molecule has 0 saturated carbocycles. The molecule has 0 saturated heterocycles. The van der Waals surface area contributed by atoms with E-state index in [0.717, 1.165) is 89.3 Å². The van der Waals surface area contributed by atoms with E-state index in [1.807, 2.05) is 18.4 Å².